The van der Waals surface area contributed by atoms with E-state index in [2.05, 4.69) is 17.1 Å². The molecule has 1 aliphatic carbocycles. The van der Waals surface area contributed by atoms with Crippen LogP contribution in [0.1, 0.15) is 12.8 Å². The van der Waals surface area contributed by atoms with E-state index in [4.69, 9.17) is 0 Å². The van der Waals surface area contributed by atoms with E-state index in [1.807, 2.05) is 0 Å². The average molecular weight is 90.1 g/mol. The second-order valence-corrected chi connectivity index (χ2v) is 1.52. The molecule has 0 saturated heterocycles. The molecule has 1 aliphatic rings. The second-order valence-electron chi connectivity index (χ2n) is 1.30. The van der Waals surface area contributed by atoms with Gasteiger partial charge in [0.1, 0.15) is 0 Å². The van der Waals surface area contributed by atoms with Crippen LogP contribution >= 0.6 is 12.9 Å². The first-order valence-corrected chi connectivity index (χ1v) is 2.10. The molecule has 5 heavy (non-hydrogen) atoms. The van der Waals surface area contributed by atoms with Gasteiger partial charge in [0.25, 0.3) is 0 Å². The van der Waals surface area contributed by atoms with Crippen molar-refractivity contribution in [2.75, 3.05) is 0 Å². The van der Waals surface area contributed by atoms with Crippen LogP contribution in [0.15, 0.2) is 0 Å². The van der Waals surface area contributed by atoms with Gasteiger partial charge in [0.15, 0.2) is 0 Å². The maximum atomic E-state index is 4.56. The molecule has 30 valence electrons. The minimum absolute atomic E-state index is 0.498. The lowest BCUT2D eigenvalue weighted by Gasteiger charge is -1.78. The van der Waals surface area contributed by atoms with Gasteiger partial charge in [-0.3, -0.25) is 0 Å². The first kappa shape index (κ1) is 3.50. The smallest absolute Gasteiger partial charge is 0.0721 e. The predicted molar refractivity (Wildman–Crippen MR) is 23.1 cm³/mol. The molecule has 0 radical (unpaired) electrons. The fraction of sp³-hybridized carbons (Fsp3) is 1.00. The first-order chi connectivity index (χ1) is 2.43. The molecule has 0 atom stereocenters. The molecule has 0 aromatic carbocycles. The summed E-state index contributed by atoms with van der Waals surface area (Å²) in [5, 5.41) is 0. The van der Waals surface area contributed by atoms with E-state index in [1.54, 1.807) is 0 Å². The Bertz CT molecular complexity index is 33.9. The lowest BCUT2D eigenvalue weighted by atomic mass is 10.9. The Morgan fingerprint density at radius 1 is 1.60 bits per heavy atom. The molecule has 0 bridgehead atoms. The van der Waals surface area contributed by atoms with Crippen LogP contribution in [0.4, 0.5) is 0 Å². The van der Waals surface area contributed by atoms with Crippen molar-refractivity contribution in [1.82, 2.24) is 0 Å². The highest BCUT2D eigenvalue weighted by Gasteiger charge is 2.20. The lowest BCUT2D eigenvalue weighted by molar-refractivity contribution is 0.368. The largest absolute Gasteiger partial charge is 0.315 e. The standard InChI is InChI=1S/C3H6OS/c5-4-3-1-2-3/h3,5H,1-2H2. The molecule has 0 aromatic heterocycles. The molecule has 1 nitrogen and oxygen atoms in total. The van der Waals surface area contributed by atoms with Crippen LogP contribution in [-0.4, -0.2) is 6.10 Å². The van der Waals surface area contributed by atoms with E-state index in [-0.39, 0.29) is 0 Å². The Morgan fingerprint density at radius 2 is 2.20 bits per heavy atom. The monoisotopic (exact) mass is 90.0 g/mol. The van der Waals surface area contributed by atoms with E-state index in [9.17, 15) is 0 Å². The Balaban J connectivity index is 2.00. The zero-order chi connectivity index (χ0) is 3.70. The Labute approximate surface area is 36.9 Å². The molecule has 0 heterocycles. The number of hydrogen-bond acceptors (Lipinski definition) is 2. The van der Waals surface area contributed by atoms with Gasteiger partial charge in [0.2, 0.25) is 0 Å². The summed E-state index contributed by atoms with van der Waals surface area (Å²) in [7, 11) is 0. The normalized spacial score (nSPS) is 23.4. The van der Waals surface area contributed by atoms with Crippen LogP contribution in [0.3, 0.4) is 0 Å². The second kappa shape index (κ2) is 1.19. The molecule has 0 spiro atoms. The van der Waals surface area contributed by atoms with Gasteiger partial charge in [-0.25, -0.2) is 0 Å². The maximum absolute atomic E-state index is 4.56. The summed E-state index contributed by atoms with van der Waals surface area (Å²) >= 11 is 3.58. The third kappa shape index (κ3) is 0.816. The molecular formula is C3H6OS. The molecule has 0 unspecified atom stereocenters. The maximum Gasteiger partial charge on any atom is 0.0721 e. The summed E-state index contributed by atoms with van der Waals surface area (Å²) in [4.78, 5) is 0. The van der Waals surface area contributed by atoms with Gasteiger partial charge in [-0.1, -0.05) is 0 Å². The number of rotatable bonds is 1. The van der Waals surface area contributed by atoms with Crippen molar-refractivity contribution < 1.29 is 4.18 Å². The molecule has 1 rings (SSSR count). The van der Waals surface area contributed by atoms with Crippen molar-refractivity contribution in [3.05, 3.63) is 0 Å². The molecule has 0 N–H and O–H groups in total. The van der Waals surface area contributed by atoms with Crippen LogP contribution < -0.4 is 0 Å². The van der Waals surface area contributed by atoms with E-state index in [0.29, 0.717) is 6.10 Å². The van der Waals surface area contributed by atoms with Crippen LogP contribution in [-0.2, 0) is 4.18 Å². The Hall–Kier alpha value is 0.310. The SMILES string of the molecule is SOC1CC1. The molecule has 0 aliphatic heterocycles. The van der Waals surface area contributed by atoms with E-state index >= 15 is 0 Å². The molecular weight excluding hydrogens is 84.1 g/mol. The van der Waals surface area contributed by atoms with Gasteiger partial charge in [-0.2, -0.15) is 0 Å². The molecule has 0 amide bonds. The van der Waals surface area contributed by atoms with Crippen molar-refractivity contribution in [3.63, 3.8) is 0 Å². The number of hydrogen-bond donors (Lipinski definition) is 1. The summed E-state index contributed by atoms with van der Waals surface area (Å²) in [5.74, 6) is 0. The fourth-order valence-electron chi connectivity index (χ4n) is 0.173. The summed E-state index contributed by atoms with van der Waals surface area (Å²) in [6.07, 6.45) is 2.92. The highest BCUT2D eigenvalue weighted by atomic mass is 32.1. The van der Waals surface area contributed by atoms with Crippen molar-refractivity contribution in [2.45, 2.75) is 18.9 Å². The van der Waals surface area contributed by atoms with Gasteiger partial charge < -0.3 is 4.18 Å². The summed E-state index contributed by atoms with van der Waals surface area (Å²) < 4.78 is 4.56. The summed E-state index contributed by atoms with van der Waals surface area (Å²) in [5.41, 5.74) is 0. The lowest BCUT2D eigenvalue weighted by Crippen LogP contribution is -1.72. The predicted octanol–water partition coefficient (Wildman–Crippen LogP) is 1.01. The third-order valence-electron chi connectivity index (χ3n) is 0.673. The van der Waals surface area contributed by atoms with E-state index in [1.165, 1.54) is 12.8 Å². The molecule has 0 aromatic rings. The van der Waals surface area contributed by atoms with E-state index < -0.39 is 0 Å². The fourth-order valence-corrected chi connectivity index (χ4v) is 0.384. The van der Waals surface area contributed by atoms with Gasteiger partial charge in [0, 0.05) is 0 Å². The van der Waals surface area contributed by atoms with Crippen LogP contribution in [0.5, 0.6) is 0 Å². The van der Waals surface area contributed by atoms with Crippen molar-refractivity contribution in [2.24, 2.45) is 0 Å². The topological polar surface area (TPSA) is 9.23 Å². The third-order valence-corrected chi connectivity index (χ3v) is 0.972. The molecule has 1 saturated carbocycles. The van der Waals surface area contributed by atoms with Crippen LogP contribution in [0.25, 0.3) is 0 Å². The quantitative estimate of drug-likeness (QED) is 0.373. The Morgan fingerprint density at radius 3 is 2.20 bits per heavy atom. The average Bonchev–Trinajstić information content (AvgIpc) is 2.12. The van der Waals surface area contributed by atoms with Crippen LogP contribution in [0.2, 0.25) is 0 Å². The van der Waals surface area contributed by atoms with Gasteiger partial charge >= 0.3 is 0 Å². The highest BCUT2D eigenvalue weighted by Crippen LogP contribution is 2.23. The minimum Gasteiger partial charge on any atom is -0.315 e. The van der Waals surface area contributed by atoms with Crippen molar-refractivity contribution >= 4 is 12.9 Å². The van der Waals surface area contributed by atoms with Gasteiger partial charge in [-0.15, -0.1) is 0 Å². The minimum atomic E-state index is 0.498. The Kier molecular flexibility index (Phi) is 0.830. The zero-order valence-electron chi connectivity index (χ0n) is 2.85. The van der Waals surface area contributed by atoms with E-state index in [0.717, 1.165) is 0 Å². The first-order valence-electron chi connectivity index (χ1n) is 1.73. The van der Waals surface area contributed by atoms with Crippen LogP contribution in [0, 0.1) is 0 Å². The van der Waals surface area contributed by atoms with Gasteiger partial charge in [-0.05, 0) is 25.8 Å². The summed E-state index contributed by atoms with van der Waals surface area (Å²) in [6, 6.07) is 0. The molecule has 2 heteroatoms. The molecule has 1 fully saturated rings. The highest BCUT2D eigenvalue weighted by molar-refractivity contribution is 7.75. The zero-order valence-corrected chi connectivity index (χ0v) is 3.74. The van der Waals surface area contributed by atoms with Crippen molar-refractivity contribution in [1.29, 1.82) is 0 Å². The summed E-state index contributed by atoms with van der Waals surface area (Å²) in [6.45, 7) is 0. The van der Waals surface area contributed by atoms with Gasteiger partial charge in [0.05, 0.1) is 6.10 Å². The van der Waals surface area contributed by atoms with Crippen molar-refractivity contribution in [3.8, 4) is 0 Å². The number of thiol groups is 1.